The third-order valence-electron chi connectivity index (χ3n) is 4.64. The normalized spacial score (nSPS) is 22.0. The Bertz CT molecular complexity index is 537. The Morgan fingerprint density at radius 3 is 2.88 bits per heavy atom. The molecule has 0 spiro atoms. The number of carbonyl (C=O) groups is 1. The van der Waals surface area contributed by atoms with E-state index in [1.54, 1.807) is 0 Å². The summed E-state index contributed by atoms with van der Waals surface area (Å²) in [4.78, 5) is 15.5. The van der Waals surface area contributed by atoms with Crippen molar-refractivity contribution in [2.24, 2.45) is 0 Å². The fourth-order valence-electron chi connectivity index (χ4n) is 3.25. The van der Waals surface area contributed by atoms with Crippen LogP contribution in [0.1, 0.15) is 31.2 Å². The van der Waals surface area contributed by atoms with Gasteiger partial charge in [-0.05, 0) is 44.7 Å². The Morgan fingerprint density at radius 1 is 1.33 bits per heavy atom. The average molecular weight is 349 g/mol. The van der Waals surface area contributed by atoms with E-state index < -0.39 is 0 Å². The second kappa shape index (κ2) is 8.88. The van der Waals surface area contributed by atoms with E-state index in [4.69, 9.17) is 9.47 Å². The van der Waals surface area contributed by atoms with Crippen molar-refractivity contribution in [1.29, 1.82) is 0 Å². The molecule has 3 rings (SSSR count). The van der Waals surface area contributed by atoms with Crippen LogP contribution in [-0.2, 0) is 14.3 Å². The lowest BCUT2D eigenvalue weighted by Gasteiger charge is -2.31. The molecule has 1 aromatic carbocycles. The van der Waals surface area contributed by atoms with Gasteiger partial charge in [0.05, 0.1) is 12.7 Å². The molecule has 2 aliphatic heterocycles. The number of nitrogens with zero attached hydrogens (tertiary/aromatic N) is 1. The molecule has 2 fully saturated rings. The van der Waals surface area contributed by atoms with Crippen LogP contribution in [0.3, 0.4) is 0 Å². The van der Waals surface area contributed by atoms with Gasteiger partial charge in [0.25, 0.3) is 0 Å². The number of aryl methyl sites for hydroxylation is 1. The Kier molecular flexibility index (Phi) is 6.58. The van der Waals surface area contributed by atoms with Gasteiger partial charge in [-0.25, -0.2) is 0 Å². The molecule has 132 valence electrons. The molecule has 0 bridgehead atoms. The van der Waals surface area contributed by atoms with Gasteiger partial charge < -0.3 is 14.4 Å². The Morgan fingerprint density at radius 2 is 2.17 bits per heavy atom. The highest BCUT2D eigenvalue weighted by atomic mass is 32.2. The lowest BCUT2D eigenvalue weighted by Crippen LogP contribution is -2.41. The standard InChI is InChI=1S/C19H27NO3S/c1-15-4-2-6-18(12-15)24-17-7-9-20(10-8-17)19(21)14-22-13-16-5-3-11-23-16/h2,4,6,12,16-17H,3,5,7-11,13-14H2,1H3/t16-/m0/s1. The molecule has 1 amide bonds. The van der Waals surface area contributed by atoms with Gasteiger partial charge in [0, 0.05) is 29.8 Å². The zero-order valence-corrected chi connectivity index (χ0v) is 15.2. The highest BCUT2D eigenvalue weighted by Gasteiger charge is 2.24. The summed E-state index contributed by atoms with van der Waals surface area (Å²) in [6, 6.07) is 8.65. The number of hydrogen-bond acceptors (Lipinski definition) is 4. The number of piperidine rings is 1. The summed E-state index contributed by atoms with van der Waals surface area (Å²) in [5.41, 5.74) is 1.30. The minimum Gasteiger partial charge on any atom is -0.376 e. The monoisotopic (exact) mass is 349 g/mol. The molecule has 0 unspecified atom stereocenters. The summed E-state index contributed by atoms with van der Waals surface area (Å²) in [5.74, 6) is 0.118. The fraction of sp³-hybridized carbons (Fsp3) is 0.632. The molecular formula is C19H27NO3S. The predicted molar refractivity (Wildman–Crippen MR) is 96.4 cm³/mol. The molecule has 1 atom stereocenters. The number of hydrogen-bond donors (Lipinski definition) is 0. The van der Waals surface area contributed by atoms with E-state index in [9.17, 15) is 4.79 Å². The highest BCUT2D eigenvalue weighted by Crippen LogP contribution is 2.30. The number of carbonyl (C=O) groups excluding carboxylic acids is 1. The van der Waals surface area contributed by atoms with E-state index in [2.05, 4.69) is 31.2 Å². The second-order valence-corrected chi connectivity index (χ2v) is 8.04. The summed E-state index contributed by atoms with van der Waals surface area (Å²) < 4.78 is 11.1. The summed E-state index contributed by atoms with van der Waals surface area (Å²) >= 11 is 1.94. The summed E-state index contributed by atoms with van der Waals surface area (Å²) in [5, 5.41) is 0.601. The fourth-order valence-corrected chi connectivity index (χ4v) is 4.49. The van der Waals surface area contributed by atoms with Crippen molar-refractivity contribution in [3.63, 3.8) is 0 Å². The molecule has 0 radical (unpaired) electrons. The topological polar surface area (TPSA) is 38.8 Å². The van der Waals surface area contributed by atoms with E-state index in [0.717, 1.165) is 45.4 Å². The maximum absolute atomic E-state index is 12.2. The van der Waals surface area contributed by atoms with Crippen molar-refractivity contribution >= 4 is 17.7 Å². The zero-order chi connectivity index (χ0) is 16.8. The molecule has 0 saturated carbocycles. The maximum Gasteiger partial charge on any atom is 0.248 e. The molecule has 0 aromatic heterocycles. The van der Waals surface area contributed by atoms with Crippen LogP contribution >= 0.6 is 11.8 Å². The molecule has 0 aliphatic carbocycles. The minimum absolute atomic E-state index is 0.118. The van der Waals surface area contributed by atoms with E-state index in [-0.39, 0.29) is 18.6 Å². The van der Waals surface area contributed by atoms with E-state index in [1.165, 1.54) is 10.5 Å². The first-order chi connectivity index (χ1) is 11.7. The Hall–Kier alpha value is -1.04. The van der Waals surface area contributed by atoms with Gasteiger partial charge in [-0.15, -0.1) is 11.8 Å². The second-order valence-electron chi connectivity index (χ2n) is 6.66. The van der Waals surface area contributed by atoms with Gasteiger partial charge >= 0.3 is 0 Å². The van der Waals surface area contributed by atoms with Crippen molar-refractivity contribution < 1.29 is 14.3 Å². The van der Waals surface area contributed by atoms with Crippen LogP contribution in [-0.4, -0.2) is 55.1 Å². The van der Waals surface area contributed by atoms with Crippen LogP contribution in [0.15, 0.2) is 29.2 Å². The zero-order valence-electron chi connectivity index (χ0n) is 14.4. The van der Waals surface area contributed by atoms with Crippen LogP contribution in [0.25, 0.3) is 0 Å². The maximum atomic E-state index is 12.2. The van der Waals surface area contributed by atoms with Crippen LogP contribution in [0.2, 0.25) is 0 Å². The van der Waals surface area contributed by atoms with Crippen LogP contribution < -0.4 is 0 Å². The molecule has 2 aliphatic rings. The van der Waals surface area contributed by atoms with Crippen LogP contribution in [0, 0.1) is 6.92 Å². The highest BCUT2D eigenvalue weighted by molar-refractivity contribution is 8.00. The third-order valence-corrected chi connectivity index (χ3v) is 5.97. The lowest BCUT2D eigenvalue weighted by atomic mass is 10.1. The van der Waals surface area contributed by atoms with Gasteiger partial charge in [0.2, 0.25) is 5.91 Å². The Labute approximate surface area is 148 Å². The first-order valence-electron chi connectivity index (χ1n) is 8.91. The third kappa shape index (κ3) is 5.23. The van der Waals surface area contributed by atoms with E-state index >= 15 is 0 Å². The number of benzene rings is 1. The van der Waals surface area contributed by atoms with Crippen molar-refractivity contribution in [3.05, 3.63) is 29.8 Å². The van der Waals surface area contributed by atoms with Crippen molar-refractivity contribution in [3.8, 4) is 0 Å². The average Bonchev–Trinajstić information content (AvgIpc) is 3.09. The molecule has 2 heterocycles. The summed E-state index contributed by atoms with van der Waals surface area (Å²) in [6.45, 7) is 5.37. The first kappa shape index (κ1) is 17.8. The lowest BCUT2D eigenvalue weighted by molar-refractivity contribution is -0.138. The van der Waals surface area contributed by atoms with Crippen molar-refractivity contribution in [2.75, 3.05) is 32.9 Å². The van der Waals surface area contributed by atoms with E-state index in [1.807, 2.05) is 16.7 Å². The quantitative estimate of drug-likeness (QED) is 0.790. The molecular weight excluding hydrogens is 322 g/mol. The smallest absolute Gasteiger partial charge is 0.248 e. The summed E-state index contributed by atoms with van der Waals surface area (Å²) in [7, 11) is 0. The van der Waals surface area contributed by atoms with Gasteiger partial charge in [0.15, 0.2) is 0 Å². The molecule has 5 heteroatoms. The van der Waals surface area contributed by atoms with Crippen molar-refractivity contribution in [1.82, 2.24) is 4.90 Å². The largest absolute Gasteiger partial charge is 0.376 e. The molecule has 1 aromatic rings. The molecule has 4 nitrogen and oxygen atoms in total. The van der Waals surface area contributed by atoms with Crippen LogP contribution in [0.4, 0.5) is 0 Å². The number of amides is 1. The number of ether oxygens (including phenoxy) is 2. The van der Waals surface area contributed by atoms with Gasteiger partial charge in [-0.2, -0.15) is 0 Å². The van der Waals surface area contributed by atoms with E-state index in [0.29, 0.717) is 11.9 Å². The SMILES string of the molecule is Cc1cccc(SC2CCN(C(=O)COC[C@@H]3CCCO3)CC2)c1. The number of thioether (sulfide) groups is 1. The minimum atomic E-state index is 0.118. The predicted octanol–water partition coefficient (Wildman–Crippen LogP) is 3.27. The van der Waals surface area contributed by atoms with Gasteiger partial charge in [-0.3, -0.25) is 4.79 Å². The van der Waals surface area contributed by atoms with Crippen LogP contribution in [0.5, 0.6) is 0 Å². The Balaban J connectivity index is 1.35. The van der Waals surface area contributed by atoms with Gasteiger partial charge in [-0.1, -0.05) is 17.7 Å². The molecule has 2 saturated heterocycles. The first-order valence-corrected chi connectivity index (χ1v) is 9.79. The number of rotatable bonds is 6. The molecule has 0 N–H and O–H groups in total. The van der Waals surface area contributed by atoms with Gasteiger partial charge in [0.1, 0.15) is 6.61 Å². The molecule has 24 heavy (non-hydrogen) atoms. The number of likely N-dealkylation sites (tertiary alicyclic amines) is 1. The summed E-state index contributed by atoms with van der Waals surface area (Å²) in [6.07, 6.45) is 4.45. The van der Waals surface area contributed by atoms with Crippen molar-refractivity contribution in [2.45, 2.75) is 48.9 Å².